The first kappa shape index (κ1) is 16.1. The van der Waals surface area contributed by atoms with E-state index in [4.69, 9.17) is 15.2 Å². The smallest absolute Gasteiger partial charge is 0.359 e. The molecule has 2 heterocycles. The highest BCUT2D eigenvalue weighted by Gasteiger charge is 2.51. The van der Waals surface area contributed by atoms with Crippen LogP contribution in [0.5, 0.6) is 0 Å². The van der Waals surface area contributed by atoms with Crippen molar-refractivity contribution in [3.8, 4) is 0 Å². The molecule has 3 N–H and O–H groups in total. The van der Waals surface area contributed by atoms with E-state index in [2.05, 4.69) is 14.8 Å². The SMILES string of the molecule is COP(=O)(O)[C@@H]1OC(C)(C)O[C@H]1Cn1cc(C(N)=O)nn1. The molecule has 1 unspecified atom stereocenters. The summed E-state index contributed by atoms with van der Waals surface area (Å²) in [7, 11) is -2.89. The number of aromatic nitrogens is 3. The van der Waals surface area contributed by atoms with Gasteiger partial charge >= 0.3 is 7.60 Å². The van der Waals surface area contributed by atoms with Crippen molar-refractivity contribution in [1.82, 2.24) is 15.0 Å². The molecule has 1 fully saturated rings. The molecule has 11 heteroatoms. The average Bonchev–Trinajstić information content (AvgIpc) is 2.94. The first-order valence-corrected chi connectivity index (χ1v) is 7.73. The van der Waals surface area contributed by atoms with E-state index in [0.717, 1.165) is 7.11 Å². The largest absolute Gasteiger partial charge is 0.364 e. The van der Waals surface area contributed by atoms with Crippen LogP contribution in [-0.2, 0) is 25.1 Å². The third kappa shape index (κ3) is 3.47. The van der Waals surface area contributed by atoms with Crippen molar-refractivity contribution < 1.29 is 28.3 Å². The fourth-order valence-electron chi connectivity index (χ4n) is 2.01. The van der Waals surface area contributed by atoms with Crippen molar-refractivity contribution in [2.75, 3.05) is 7.11 Å². The zero-order chi connectivity index (χ0) is 15.8. The van der Waals surface area contributed by atoms with E-state index in [1.165, 1.54) is 10.9 Å². The summed E-state index contributed by atoms with van der Waals surface area (Å²) < 4.78 is 28.9. The van der Waals surface area contributed by atoms with Gasteiger partial charge in [-0.3, -0.25) is 9.36 Å². The molecule has 0 spiro atoms. The van der Waals surface area contributed by atoms with Gasteiger partial charge in [-0.1, -0.05) is 5.21 Å². The van der Waals surface area contributed by atoms with Crippen LogP contribution in [0.2, 0.25) is 0 Å². The normalized spacial score (nSPS) is 27.4. The average molecular weight is 320 g/mol. The number of amides is 1. The van der Waals surface area contributed by atoms with Gasteiger partial charge in [-0.2, -0.15) is 0 Å². The zero-order valence-electron chi connectivity index (χ0n) is 11.8. The molecular formula is C10H17N4O6P. The van der Waals surface area contributed by atoms with Gasteiger partial charge in [0.2, 0.25) is 0 Å². The van der Waals surface area contributed by atoms with Crippen molar-refractivity contribution in [3.05, 3.63) is 11.9 Å². The Kier molecular flexibility index (Phi) is 4.18. The van der Waals surface area contributed by atoms with E-state index in [0.29, 0.717) is 0 Å². The van der Waals surface area contributed by atoms with Gasteiger partial charge in [-0.25, -0.2) is 4.68 Å². The number of carbonyl (C=O) groups excluding carboxylic acids is 1. The standard InChI is InChI=1S/C10H17N4O6P/c1-10(2)19-7(9(20-10)21(16,17)18-3)5-14-4-6(8(11)15)12-13-14/h4,7,9H,5H2,1-3H3,(H2,11,15)(H,16,17)/t7-,9-/m0/s1. The molecule has 0 aromatic carbocycles. The molecule has 1 aromatic rings. The number of nitrogens with two attached hydrogens (primary N) is 1. The predicted octanol–water partition coefficient (Wildman–Crippen LogP) is -0.314. The van der Waals surface area contributed by atoms with Crippen LogP contribution in [0.1, 0.15) is 24.3 Å². The number of rotatable bonds is 5. The molecule has 21 heavy (non-hydrogen) atoms. The summed E-state index contributed by atoms with van der Waals surface area (Å²) in [6.45, 7) is 3.29. The Labute approximate surface area is 120 Å². The van der Waals surface area contributed by atoms with Crippen molar-refractivity contribution >= 4 is 13.5 Å². The lowest BCUT2D eigenvalue weighted by atomic mass is 10.3. The van der Waals surface area contributed by atoms with Crippen LogP contribution < -0.4 is 5.73 Å². The van der Waals surface area contributed by atoms with Gasteiger partial charge in [0.15, 0.2) is 17.3 Å². The summed E-state index contributed by atoms with van der Waals surface area (Å²) in [5, 5.41) is 7.29. The molecule has 1 aliphatic rings. The molecule has 2 rings (SSSR count). The molecule has 3 atom stereocenters. The Bertz CT molecular complexity index is 588. The minimum atomic E-state index is -4.01. The first-order chi connectivity index (χ1) is 9.64. The molecule has 1 aromatic heterocycles. The molecule has 0 aliphatic carbocycles. The Hall–Kier alpha value is -1.32. The summed E-state index contributed by atoms with van der Waals surface area (Å²) in [5.74, 6) is -2.93. The summed E-state index contributed by atoms with van der Waals surface area (Å²) in [4.78, 5) is 20.8. The predicted molar refractivity (Wildman–Crippen MR) is 69.2 cm³/mol. The van der Waals surface area contributed by atoms with Gasteiger partial charge in [0.05, 0.1) is 12.7 Å². The second-order valence-electron chi connectivity index (χ2n) is 5.00. The van der Waals surface area contributed by atoms with Gasteiger partial charge in [-0.15, -0.1) is 5.10 Å². The third-order valence-corrected chi connectivity index (χ3v) is 4.50. The molecule has 1 aliphatic heterocycles. The second-order valence-corrected chi connectivity index (χ2v) is 7.00. The Balaban J connectivity index is 2.19. The molecule has 1 amide bonds. The van der Waals surface area contributed by atoms with Crippen molar-refractivity contribution in [2.24, 2.45) is 5.73 Å². The van der Waals surface area contributed by atoms with E-state index in [1.807, 2.05) is 0 Å². The molecule has 118 valence electrons. The molecule has 0 radical (unpaired) electrons. The number of carbonyl (C=O) groups is 1. The van der Waals surface area contributed by atoms with E-state index in [1.54, 1.807) is 13.8 Å². The van der Waals surface area contributed by atoms with Gasteiger partial charge < -0.3 is 24.6 Å². The quantitative estimate of drug-likeness (QED) is 0.704. The number of ether oxygens (including phenoxy) is 2. The van der Waals surface area contributed by atoms with Gasteiger partial charge in [0, 0.05) is 7.11 Å². The van der Waals surface area contributed by atoms with Gasteiger partial charge in [0.1, 0.15) is 6.10 Å². The Morgan fingerprint density at radius 1 is 1.62 bits per heavy atom. The number of primary amides is 1. The second kappa shape index (κ2) is 5.47. The number of nitrogens with zero attached hydrogens (tertiary/aromatic N) is 3. The van der Waals surface area contributed by atoms with Gasteiger partial charge in [-0.05, 0) is 13.8 Å². The van der Waals surface area contributed by atoms with E-state index in [9.17, 15) is 14.3 Å². The van der Waals surface area contributed by atoms with Crippen molar-refractivity contribution in [2.45, 2.75) is 38.1 Å². The Morgan fingerprint density at radius 3 is 2.81 bits per heavy atom. The van der Waals surface area contributed by atoms with Crippen LogP contribution in [-0.4, -0.2) is 50.6 Å². The lowest BCUT2D eigenvalue weighted by Gasteiger charge is -2.20. The van der Waals surface area contributed by atoms with Crippen molar-refractivity contribution in [3.63, 3.8) is 0 Å². The fourth-order valence-corrected chi connectivity index (χ4v) is 3.18. The maximum absolute atomic E-state index is 12.0. The van der Waals surface area contributed by atoms with Crippen LogP contribution in [0.4, 0.5) is 0 Å². The zero-order valence-corrected chi connectivity index (χ0v) is 12.7. The van der Waals surface area contributed by atoms with Crippen LogP contribution >= 0.6 is 7.60 Å². The molecule has 10 nitrogen and oxygen atoms in total. The van der Waals surface area contributed by atoms with Crippen LogP contribution in [0, 0.1) is 0 Å². The molecule has 1 saturated heterocycles. The van der Waals surface area contributed by atoms with Gasteiger partial charge in [0.25, 0.3) is 5.91 Å². The summed E-state index contributed by atoms with van der Waals surface area (Å²) >= 11 is 0. The maximum Gasteiger partial charge on any atom is 0.359 e. The first-order valence-electron chi connectivity index (χ1n) is 6.08. The highest BCUT2D eigenvalue weighted by atomic mass is 31.2. The lowest BCUT2D eigenvalue weighted by Crippen LogP contribution is -2.28. The Morgan fingerprint density at radius 2 is 2.29 bits per heavy atom. The summed E-state index contributed by atoms with van der Waals surface area (Å²) in [5.41, 5.74) is 5.07. The maximum atomic E-state index is 12.0. The van der Waals surface area contributed by atoms with Crippen LogP contribution in [0.25, 0.3) is 0 Å². The molecular weight excluding hydrogens is 303 g/mol. The summed E-state index contributed by atoms with van der Waals surface area (Å²) in [6, 6.07) is 0. The minimum absolute atomic E-state index is 0.0105. The highest BCUT2D eigenvalue weighted by Crippen LogP contribution is 2.54. The monoisotopic (exact) mass is 320 g/mol. The topological polar surface area (TPSA) is 139 Å². The lowest BCUT2D eigenvalue weighted by molar-refractivity contribution is -0.143. The fraction of sp³-hybridized carbons (Fsp3) is 0.700. The third-order valence-electron chi connectivity index (χ3n) is 2.90. The molecule has 0 bridgehead atoms. The van der Waals surface area contributed by atoms with Crippen LogP contribution in [0.3, 0.4) is 0 Å². The minimum Gasteiger partial charge on any atom is -0.364 e. The number of hydrogen-bond donors (Lipinski definition) is 2. The van der Waals surface area contributed by atoms with E-state index in [-0.39, 0.29) is 12.2 Å². The highest BCUT2D eigenvalue weighted by molar-refractivity contribution is 7.53. The van der Waals surface area contributed by atoms with E-state index < -0.39 is 31.2 Å². The van der Waals surface area contributed by atoms with E-state index >= 15 is 0 Å². The van der Waals surface area contributed by atoms with Crippen molar-refractivity contribution in [1.29, 1.82) is 0 Å². The number of hydrogen-bond acceptors (Lipinski definition) is 7. The summed E-state index contributed by atoms with van der Waals surface area (Å²) in [6.07, 6.45) is 0.529. The molecule has 0 saturated carbocycles. The van der Waals surface area contributed by atoms with Crippen LogP contribution in [0.15, 0.2) is 6.20 Å².